The van der Waals surface area contributed by atoms with Gasteiger partial charge in [0.25, 0.3) is 0 Å². The Hall–Kier alpha value is -0.900. The van der Waals surface area contributed by atoms with E-state index in [0.29, 0.717) is 12.5 Å². The SMILES string of the molecule is CC1CCC2(C1)C(=O)NC(=O)CN2C. The van der Waals surface area contributed by atoms with E-state index >= 15 is 0 Å². The molecular weight excluding hydrogens is 180 g/mol. The summed E-state index contributed by atoms with van der Waals surface area (Å²) in [6.45, 7) is 2.50. The Morgan fingerprint density at radius 3 is 2.71 bits per heavy atom. The van der Waals surface area contributed by atoms with Gasteiger partial charge in [0.2, 0.25) is 11.8 Å². The molecule has 1 aliphatic carbocycles. The van der Waals surface area contributed by atoms with E-state index < -0.39 is 5.54 Å². The highest BCUT2D eigenvalue weighted by Gasteiger charge is 2.50. The summed E-state index contributed by atoms with van der Waals surface area (Å²) in [7, 11) is 1.87. The van der Waals surface area contributed by atoms with Gasteiger partial charge in [0.05, 0.1) is 6.54 Å². The van der Waals surface area contributed by atoms with E-state index in [1.54, 1.807) is 0 Å². The third-order valence-corrected chi connectivity index (χ3v) is 3.52. The Kier molecular flexibility index (Phi) is 2.10. The summed E-state index contributed by atoms with van der Waals surface area (Å²) < 4.78 is 0. The summed E-state index contributed by atoms with van der Waals surface area (Å²) >= 11 is 0. The van der Waals surface area contributed by atoms with Gasteiger partial charge < -0.3 is 0 Å². The van der Waals surface area contributed by atoms with E-state index in [1.807, 2.05) is 11.9 Å². The summed E-state index contributed by atoms with van der Waals surface area (Å²) in [6.07, 6.45) is 2.83. The van der Waals surface area contributed by atoms with Crippen LogP contribution in [0, 0.1) is 5.92 Å². The number of nitrogens with zero attached hydrogens (tertiary/aromatic N) is 1. The van der Waals surface area contributed by atoms with Gasteiger partial charge >= 0.3 is 0 Å². The number of carbonyl (C=O) groups excluding carboxylic acids is 2. The maximum atomic E-state index is 11.8. The van der Waals surface area contributed by atoms with E-state index in [-0.39, 0.29) is 11.8 Å². The van der Waals surface area contributed by atoms with E-state index in [2.05, 4.69) is 12.2 Å². The topological polar surface area (TPSA) is 49.4 Å². The molecule has 1 N–H and O–H groups in total. The molecule has 1 spiro atoms. The first-order valence-electron chi connectivity index (χ1n) is 5.10. The normalized spacial score (nSPS) is 39.1. The van der Waals surface area contributed by atoms with Crippen LogP contribution in [-0.4, -0.2) is 35.8 Å². The number of piperazine rings is 1. The molecule has 14 heavy (non-hydrogen) atoms. The molecule has 0 aromatic heterocycles. The van der Waals surface area contributed by atoms with Crippen LogP contribution in [0.25, 0.3) is 0 Å². The predicted octanol–water partition coefficient (Wildman–Crippen LogP) is 0.133. The number of nitrogens with one attached hydrogen (secondary N) is 1. The lowest BCUT2D eigenvalue weighted by Gasteiger charge is -2.40. The maximum absolute atomic E-state index is 11.8. The molecule has 0 radical (unpaired) electrons. The Morgan fingerprint density at radius 1 is 1.50 bits per heavy atom. The predicted molar refractivity (Wildman–Crippen MR) is 51.5 cm³/mol. The lowest BCUT2D eigenvalue weighted by molar-refractivity contribution is -0.145. The van der Waals surface area contributed by atoms with Crippen LogP contribution in [0.1, 0.15) is 26.2 Å². The molecule has 0 aromatic rings. The Morgan fingerprint density at radius 2 is 2.21 bits per heavy atom. The molecule has 1 heterocycles. The number of imide groups is 1. The minimum absolute atomic E-state index is 0.0967. The molecule has 2 atom stereocenters. The lowest BCUT2D eigenvalue weighted by atomic mass is 9.91. The maximum Gasteiger partial charge on any atom is 0.247 e. The summed E-state index contributed by atoms with van der Waals surface area (Å²) in [5.41, 5.74) is -0.396. The zero-order valence-corrected chi connectivity index (χ0v) is 8.67. The van der Waals surface area contributed by atoms with Gasteiger partial charge in [-0.1, -0.05) is 6.92 Å². The van der Waals surface area contributed by atoms with Crippen LogP contribution >= 0.6 is 0 Å². The molecule has 2 fully saturated rings. The van der Waals surface area contributed by atoms with Crippen molar-refractivity contribution in [3.8, 4) is 0 Å². The molecule has 1 aliphatic heterocycles. The van der Waals surface area contributed by atoms with Gasteiger partial charge in [-0.25, -0.2) is 0 Å². The molecule has 2 amide bonds. The van der Waals surface area contributed by atoms with Gasteiger partial charge in [-0.05, 0) is 32.2 Å². The van der Waals surface area contributed by atoms with E-state index in [1.165, 1.54) is 0 Å². The second-order valence-electron chi connectivity index (χ2n) is 4.61. The van der Waals surface area contributed by atoms with Gasteiger partial charge in [0, 0.05) is 0 Å². The summed E-state index contributed by atoms with van der Waals surface area (Å²) in [4.78, 5) is 24.9. The fourth-order valence-electron chi connectivity index (χ4n) is 2.64. The molecular formula is C10H16N2O2. The summed E-state index contributed by atoms with van der Waals surface area (Å²) in [5, 5.41) is 2.44. The van der Waals surface area contributed by atoms with Crippen molar-refractivity contribution in [2.24, 2.45) is 5.92 Å². The van der Waals surface area contributed by atoms with Gasteiger partial charge in [-0.3, -0.25) is 19.8 Å². The first kappa shape index (κ1) is 9.65. The summed E-state index contributed by atoms with van der Waals surface area (Å²) in [5.74, 6) is 0.305. The lowest BCUT2D eigenvalue weighted by Crippen LogP contribution is -2.64. The average molecular weight is 196 g/mol. The molecule has 4 heteroatoms. The Balaban J connectivity index is 2.25. The van der Waals surface area contributed by atoms with Crippen LogP contribution in [0.5, 0.6) is 0 Å². The third kappa shape index (κ3) is 1.25. The standard InChI is InChI=1S/C10H16N2O2/c1-7-3-4-10(5-7)9(14)11-8(13)6-12(10)2/h7H,3-6H2,1-2H3,(H,11,13,14). The molecule has 4 nitrogen and oxygen atoms in total. The fourth-order valence-corrected chi connectivity index (χ4v) is 2.64. The van der Waals surface area contributed by atoms with Crippen molar-refractivity contribution in [3.63, 3.8) is 0 Å². The van der Waals surface area contributed by atoms with Crippen molar-refractivity contribution in [2.75, 3.05) is 13.6 Å². The van der Waals surface area contributed by atoms with Gasteiger partial charge in [0.1, 0.15) is 5.54 Å². The summed E-state index contributed by atoms with van der Waals surface area (Å²) in [6, 6.07) is 0. The highest BCUT2D eigenvalue weighted by molar-refractivity contribution is 6.03. The van der Waals surface area contributed by atoms with Crippen LogP contribution in [-0.2, 0) is 9.59 Å². The first-order valence-corrected chi connectivity index (χ1v) is 5.10. The molecule has 0 bridgehead atoms. The van der Waals surface area contributed by atoms with Crippen LogP contribution in [0.4, 0.5) is 0 Å². The van der Waals surface area contributed by atoms with Crippen molar-refractivity contribution in [2.45, 2.75) is 31.7 Å². The van der Waals surface area contributed by atoms with E-state index in [9.17, 15) is 9.59 Å². The largest absolute Gasteiger partial charge is 0.294 e. The molecule has 78 valence electrons. The Labute approximate surface area is 83.6 Å². The molecule has 1 saturated heterocycles. The van der Waals surface area contributed by atoms with Crippen molar-refractivity contribution in [1.29, 1.82) is 0 Å². The highest BCUT2D eigenvalue weighted by Crippen LogP contribution is 2.39. The number of likely N-dealkylation sites (N-methyl/N-ethyl adjacent to an activating group) is 1. The molecule has 0 aromatic carbocycles. The fraction of sp³-hybridized carbons (Fsp3) is 0.800. The van der Waals surface area contributed by atoms with E-state index in [0.717, 1.165) is 19.3 Å². The molecule has 2 rings (SSSR count). The van der Waals surface area contributed by atoms with E-state index in [4.69, 9.17) is 0 Å². The monoisotopic (exact) mass is 196 g/mol. The quantitative estimate of drug-likeness (QED) is 0.560. The number of hydrogen-bond acceptors (Lipinski definition) is 3. The Bertz CT molecular complexity index is 290. The number of amides is 2. The van der Waals surface area contributed by atoms with Crippen molar-refractivity contribution in [1.82, 2.24) is 10.2 Å². The third-order valence-electron chi connectivity index (χ3n) is 3.52. The van der Waals surface area contributed by atoms with Crippen LogP contribution in [0.2, 0.25) is 0 Å². The van der Waals surface area contributed by atoms with Crippen LogP contribution in [0.3, 0.4) is 0 Å². The molecule has 1 saturated carbocycles. The van der Waals surface area contributed by atoms with Gasteiger partial charge in [-0.2, -0.15) is 0 Å². The number of hydrogen-bond donors (Lipinski definition) is 1. The van der Waals surface area contributed by atoms with Crippen LogP contribution < -0.4 is 5.32 Å². The molecule has 2 unspecified atom stereocenters. The highest BCUT2D eigenvalue weighted by atomic mass is 16.2. The van der Waals surface area contributed by atoms with Crippen molar-refractivity contribution in [3.05, 3.63) is 0 Å². The van der Waals surface area contributed by atoms with Crippen molar-refractivity contribution < 1.29 is 9.59 Å². The number of rotatable bonds is 0. The minimum atomic E-state index is -0.396. The van der Waals surface area contributed by atoms with Gasteiger partial charge in [0.15, 0.2) is 0 Å². The zero-order valence-electron chi connectivity index (χ0n) is 8.67. The molecule has 2 aliphatic rings. The smallest absolute Gasteiger partial charge is 0.247 e. The minimum Gasteiger partial charge on any atom is -0.294 e. The van der Waals surface area contributed by atoms with Gasteiger partial charge in [-0.15, -0.1) is 0 Å². The van der Waals surface area contributed by atoms with Crippen molar-refractivity contribution >= 4 is 11.8 Å². The van der Waals surface area contributed by atoms with Crippen LogP contribution in [0.15, 0.2) is 0 Å². The zero-order chi connectivity index (χ0) is 10.3. The second kappa shape index (κ2) is 3.05. The first-order chi connectivity index (χ1) is 6.54. The average Bonchev–Trinajstić information content (AvgIpc) is 2.46. The second-order valence-corrected chi connectivity index (χ2v) is 4.61. The number of carbonyl (C=O) groups is 2.